The average molecular weight is 341 g/mol. The van der Waals surface area contributed by atoms with Crippen LogP contribution in [0.2, 0.25) is 0 Å². The molecule has 132 valence electrons. The van der Waals surface area contributed by atoms with Crippen molar-refractivity contribution in [1.82, 2.24) is 15.4 Å². The molecule has 0 fully saturated rings. The summed E-state index contributed by atoms with van der Waals surface area (Å²) in [5.41, 5.74) is 2.20. The first kappa shape index (κ1) is 17.2. The van der Waals surface area contributed by atoms with Crippen LogP contribution < -0.4 is 5.32 Å². The summed E-state index contributed by atoms with van der Waals surface area (Å²) >= 11 is 0. The zero-order chi connectivity index (χ0) is 17.8. The third-order valence-corrected chi connectivity index (χ3v) is 4.49. The number of hydrogen-bond acceptors (Lipinski definition) is 4. The molecule has 0 bridgehead atoms. The van der Waals surface area contributed by atoms with Crippen molar-refractivity contribution >= 4 is 11.8 Å². The molecule has 0 radical (unpaired) electrons. The summed E-state index contributed by atoms with van der Waals surface area (Å²) in [7, 11) is 3.37. The molecule has 6 heteroatoms. The zero-order valence-corrected chi connectivity index (χ0v) is 14.6. The van der Waals surface area contributed by atoms with Crippen molar-refractivity contribution in [3.63, 3.8) is 0 Å². The van der Waals surface area contributed by atoms with Gasteiger partial charge in [-0.2, -0.15) is 0 Å². The van der Waals surface area contributed by atoms with Gasteiger partial charge in [0.1, 0.15) is 11.8 Å². The number of hydrogen-bond donors (Lipinski definition) is 1. The minimum absolute atomic E-state index is 0.144. The van der Waals surface area contributed by atoms with E-state index in [9.17, 15) is 9.59 Å². The molecular formula is C19H23N3O3. The summed E-state index contributed by atoms with van der Waals surface area (Å²) in [4.78, 5) is 26.7. The lowest BCUT2D eigenvalue weighted by molar-refractivity contribution is -0.130. The molecule has 1 aliphatic rings. The van der Waals surface area contributed by atoms with E-state index in [1.807, 2.05) is 30.3 Å². The van der Waals surface area contributed by atoms with Crippen LogP contribution in [0.15, 0.2) is 34.9 Å². The largest absolute Gasteiger partial charge is 0.360 e. The number of amides is 2. The molecule has 1 N–H and O–H groups in total. The molecule has 1 atom stereocenters. The second-order valence-electron chi connectivity index (χ2n) is 6.59. The van der Waals surface area contributed by atoms with Crippen LogP contribution in [-0.4, -0.2) is 42.0 Å². The van der Waals surface area contributed by atoms with Gasteiger partial charge in [-0.1, -0.05) is 35.5 Å². The number of likely N-dealkylation sites (N-methyl/N-ethyl adjacent to an activating group) is 1. The van der Waals surface area contributed by atoms with Crippen LogP contribution in [0.1, 0.15) is 40.2 Å². The van der Waals surface area contributed by atoms with Gasteiger partial charge in [-0.15, -0.1) is 0 Å². The summed E-state index contributed by atoms with van der Waals surface area (Å²) in [6, 6.07) is 9.01. The maximum Gasteiger partial charge on any atom is 0.274 e. The lowest BCUT2D eigenvalue weighted by Gasteiger charge is -2.21. The summed E-state index contributed by atoms with van der Waals surface area (Å²) in [6.45, 7) is 0. The number of benzene rings is 1. The summed E-state index contributed by atoms with van der Waals surface area (Å²) in [5.74, 6) is 0.313. The molecule has 25 heavy (non-hydrogen) atoms. The van der Waals surface area contributed by atoms with Crippen molar-refractivity contribution in [1.29, 1.82) is 0 Å². The van der Waals surface area contributed by atoms with E-state index in [1.165, 1.54) is 4.90 Å². The van der Waals surface area contributed by atoms with Crippen molar-refractivity contribution < 1.29 is 14.1 Å². The standard InChI is InChI=1S/C19H23N3O3/c1-22(2)19(24)15(12-13-8-4-3-5-9-13)20-18(23)17-14-10-6-7-11-16(14)25-21-17/h3-5,8-9,15H,6-7,10-12H2,1-2H3,(H,20,23). The molecule has 1 heterocycles. The normalized spacial score (nSPS) is 14.5. The van der Waals surface area contributed by atoms with E-state index >= 15 is 0 Å². The lowest BCUT2D eigenvalue weighted by Crippen LogP contribution is -2.47. The third kappa shape index (κ3) is 3.90. The Morgan fingerprint density at radius 1 is 1.20 bits per heavy atom. The van der Waals surface area contributed by atoms with Gasteiger partial charge in [0.15, 0.2) is 5.69 Å². The highest BCUT2D eigenvalue weighted by Gasteiger charge is 2.28. The molecule has 1 aliphatic carbocycles. The van der Waals surface area contributed by atoms with E-state index in [0.717, 1.165) is 42.6 Å². The number of aromatic nitrogens is 1. The van der Waals surface area contributed by atoms with Crippen molar-refractivity contribution in [3.05, 3.63) is 52.9 Å². The molecule has 0 saturated carbocycles. The highest BCUT2D eigenvalue weighted by molar-refractivity contribution is 5.97. The van der Waals surface area contributed by atoms with Crippen molar-refractivity contribution in [2.45, 2.75) is 38.1 Å². The maximum atomic E-state index is 12.7. The Labute approximate surface area is 147 Å². The predicted molar refractivity (Wildman–Crippen MR) is 93.2 cm³/mol. The van der Waals surface area contributed by atoms with E-state index in [1.54, 1.807) is 14.1 Å². The van der Waals surface area contributed by atoms with Crippen LogP contribution in [0, 0.1) is 0 Å². The van der Waals surface area contributed by atoms with Crippen LogP contribution in [0.4, 0.5) is 0 Å². The Kier molecular flexibility index (Phi) is 5.16. The number of rotatable bonds is 5. The van der Waals surface area contributed by atoms with E-state index in [2.05, 4.69) is 10.5 Å². The molecule has 3 rings (SSSR count). The minimum atomic E-state index is -0.638. The maximum absolute atomic E-state index is 12.7. The van der Waals surface area contributed by atoms with Crippen LogP contribution in [0.5, 0.6) is 0 Å². The summed E-state index contributed by atoms with van der Waals surface area (Å²) < 4.78 is 5.31. The molecule has 6 nitrogen and oxygen atoms in total. The van der Waals surface area contributed by atoms with Gasteiger partial charge in [-0.25, -0.2) is 0 Å². The molecule has 2 amide bonds. The lowest BCUT2D eigenvalue weighted by atomic mass is 9.96. The quantitative estimate of drug-likeness (QED) is 0.902. The predicted octanol–water partition coefficient (Wildman–Crippen LogP) is 1.98. The Bertz CT molecular complexity index is 753. The average Bonchev–Trinajstić information content (AvgIpc) is 3.05. The first-order chi connectivity index (χ1) is 12.1. The molecular weight excluding hydrogens is 318 g/mol. The number of fused-ring (bicyclic) bond motifs is 1. The number of carbonyl (C=O) groups is 2. The van der Waals surface area contributed by atoms with Gasteiger partial charge in [0.2, 0.25) is 5.91 Å². The Balaban J connectivity index is 1.78. The van der Waals surface area contributed by atoms with Gasteiger partial charge < -0.3 is 14.7 Å². The second kappa shape index (κ2) is 7.51. The SMILES string of the molecule is CN(C)C(=O)C(Cc1ccccc1)NC(=O)c1noc2c1CCCC2. The summed E-state index contributed by atoms with van der Waals surface area (Å²) in [5, 5.41) is 6.80. The smallest absolute Gasteiger partial charge is 0.274 e. The molecule has 2 aromatic rings. The van der Waals surface area contributed by atoms with Gasteiger partial charge in [0.25, 0.3) is 5.91 Å². The second-order valence-corrected chi connectivity index (χ2v) is 6.59. The number of nitrogens with one attached hydrogen (secondary N) is 1. The number of nitrogens with zero attached hydrogens (tertiary/aromatic N) is 2. The minimum Gasteiger partial charge on any atom is -0.360 e. The molecule has 0 saturated heterocycles. The third-order valence-electron chi connectivity index (χ3n) is 4.49. The first-order valence-electron chi connectivity index (χ1n) is 8.59. The van der Waals surface area contributed by atoms with Gasteiger partial charge in [-0.05, 0) is 24.8 Å². The Hall–Kier alpha value is -2.63. The van der Waals surface area contributed by atoms with Crippen LogP contribution in [-0.2, 0) is 24.1 Å². The van der Waals surface area contributed by atoms with E-state index in [4.69, 9.17) is 4.52 Å². The van der Waals surface area contributed by atoms with E-state index < -0.39 is 6.04 Å². The fourth-order valence-corrected chi connectivity index (χ4v) is 3.15. The van der Waals surface area contributed by atoms with Crippen LogP contribution in [0.25, 0.3) is 0 Å². The van der Waals surface area contributed by atoms with Gasteiger partial charge >= 0.3 is 0 Å². The molecule has 1 aromatic carbocycles. The molecule has 0 aliphatic heterocycles. The number of aryl methyl sites for hydroxylation is 1. The Morgan fingerprint density at radius 2 is 1.92 bits per heavy atom. The molecule has 1 aromatic heterocycles. The molecule has 1 unspecified atom stereocenters. The topological polar surface area (TPSA) is 75.4 Å². The number of carbonyl (C=O) groups excluding carboxylic acids is 2. The van der Waals surface area contributed by atoms with Crippen LogP contribution in [0.3, 0.4) is 0 Å². The van der Waals surface area contributed by atoms with Gasteiger partial charge in [-0.3, -0.25) is 9.59 Å². The van der Waals surface area contributed by atoms with E-state index in [0.29, 0.717) is 12.1 Å². The monoisotopic (exact) mass is 341 g/mol. The van der Waals surface area contributed by atoms with Crippen molar-refractivity contribution in [3.8, 4) is 0 Å². The fourth-order valence-electron chi connectivity index (χ4n) is 3.15. The fraction of sp³-hybridized carbons (Fsp3) is 0.421. The van der Waals surface area contributed by atoms with Crippen molar-refractivity contribution in [2.75, 3.05) is 14.1 Å². The van der Waals surface area contributed by atoms with Crippen molar-refractivity contribution in [2.24, 2.45) is 0 Å². The zero-order valence-electron chi connectivity index (χ0n) is 14.6. The molecule has 0 spiro atoms. The highest BCUT2D eigenvalue weighted by Crippen LogP contribution is 2.24. The van der Waals surface area contributed by atoms with Crippen LogP contribution >= 0.6 is 0 Å². The first-order valence-corrected chi connectivity index (χ1v) is 8.59. The summed E-state index contributed by atoms with van der Waals surface area (Å²) in [6.07, 6.45) is 4.13. The Morgan fingerprint density at radius 3 is 2.64 bits per heavy atom. The van der Waals surface area contributed by atoms with Gasteiger partial charge in [0.05, 0.1) is 0 Å². The highest BCUT2D eigenvalue weighted by atomic mass is 16.5. The van der Waals surface area contributed by atoms with Gasteiger partial charge in [0, 0.05) is 32.5 Å². The van der Waals surface area contributed by atoms with E-state index in [-0.39, 0.29) is 11.8 Å².